The lowest BCUT2D eigenvalue weighted by molar-refractivity contribution is 0.502. The quantitative estimate of drug-likeness (QED) is 0.795. The summed E-state index contributed by atoms with van der Waals surface area (Å²) >= 11 is 1.76. The molecule has 2 aromatic rings. The summed E-state index contributed by atoms with van der Waals surface area (Å²) in [7, 11) is 0. The van der Waals surface area contributed by atoms with E-state index < -0.39 is 0 Å². The summed E-state index contributed by atoms with van der Waals surface area (Å²) in [5.41, 5.74) is 8.01. The number of nitrogen functional groups attached to an aromatic ring is 1. The third-order valence-electron chi connectivity index (χ3n) is 3.09. The van der Waals surface area contributed by atoms with Crippen LogP contribution in [0.5, 0.6) is 0 Å². The molecule has 0 aliphatic heterocycles. The summed E-state index contributed by atoms with van der Waals surface area (Å²) in [6.45, 7) is 2.30. The number of aromatic amines is 1. The second-order valence-corrected chi connectivity index (χ2v) is 5.52. The molecular weight excluding hydrogens is 220 g/mol. The van der Waals surface area contributed by atoms with Crippen molar-refractivity contribution < 1.29 is 0 Å². The largest absolute Gasteiger partial charge is 0.383 e. The Morgan fingerprint density at radius 3 is 3.19 bits per heavy atom. The zero-order valence-electron chi connectivity index (χ0n) is 9.16. The maximum Gasteiger partial charge on any atom is 0.129 e. The molecular formula is C11H14N4S. The number of nitrogens with two attached hydrogens (primary N) is 1. The van der Waals surface area contributed by atoms with E-state index in [9.17, 15) is 0 Å². The number of nitrogens with one attached hydrogen (secondary N) is 1. The van der Waals surface area contributed by atoms with Gasteiger partial charge in [0.2, 0.25) is 0 Å². The fraction of sp³-hybridized carbons (Fsp3) is 0.455. The van der Waals surface area contributed by atoms with E-state index in [0.717, 1.165) is 29.3 Å². The van der Waals surface area contributed by atoms with Gasteiger partial charge in [-0.1, -0.05) is 6.92 Å². The van der Waals surface area contributed by atoms with Crippen molar-refractivity contribution in [2.45, 2.75) is 26.2 Å². The molecule has 3 rings (SSSR count). The average Bonchev–Trinajstić information content (AvgIpc) is 2.82. The molecule has 0 saturated heterocycles. The van der Waals surface area contributed by atoms with E-state index >= 15 is 0 Å². The highest BCUT2D eigenvalue weighted by Gasteiger charge is 2.21. The van der Waals surface area contributed by atoms with Gasteiger partial charge in [0.25, 0.3) is 0 Å². The van der Waals surface area contributed by atoms with Crippen LogP contribution in [0.2, 0.25) is 0 Å². The van der Waals surface area contributed by atoms with E-state index in [4.69, 9.17) is 5.73 Å². The Morgan fingerprint density at radius 1 is 1.56 bits per heavy atom. The third kappa shape index (κ3) is 1.51. The van der Waals surface area contributed by atoms with Crippen molar-refractivity contribution in [3.63, 3.8) is 0 Å². The Balaban J connectivity index is 2.02. The first kappa shape index (κ1) is 9.84. The molecule has 0 aromatic carbocycles. The van der Waals surface area contributed by atoms with Crippen LogP contribution in [0.3, 0.4) is 0 Å². The first-order valence-electron chi connectivity index (χ1n) is 5.52. The zero-order valence-corrected chi connectivity index (χ0v) is 9.97. The van der Waals surface area contributed by atoms with Gasteiger partial charge in [0.05, 0.1) is 17.5 Å². The molecule has 2 aromatic heterocycles. The second kappa shape index (κ2) is 3.59. The normalized spacial score (nSPS) is 19.7. The standard InChI is InChI=1S/C11H14N4S/c1-6-2-3-8-9(4-6)16-11(14-8)7-5-13-15-10(7)12/h5-6H,2-4H2,1H3,(H3,12,13,15). The van der Waals surface area contributed by atoms with Crippen LogP contribution < -0.4 is 5.73 Å². The number of fused-ring (bicyclic) bond motifs is 1. The number of aromatic nitrogens is 3. The minimum Gasteiger partial charge on any atom is -0.383 e. The Bertz CT molecular complexity index is 514. The summed E-state index contributed by atoms with van der Waals surface area (Å²) in [6, 6.07) is 0. The number of hydrogen-bond donors (Lipinski definition) is 2. The smallest absolute Gasteiger partial charge is 0.129 e. The van der Waals surface area contributed by atoms with Crippen LogP contribution in [-0.2, 0) is 12.8 Å². The Morgan fingerprint density at radius 2 is 2.44 bits per heavy atom. The van der Waals surface area contributed by atoms with Gasteiger partial charge in [0.1, 0.15) is 10.8 Å². The fourth-order valence-corrected chi connectivity index (χ4v) is 3.42. The highest BCUT2D eigenvalue weighted by atomic mass is 32.1. The molecule has 1 unspecified atom stereocenters. The maximum absolute atomic E-state index is 5.81. The molecule has 0 bridgehead atoms. The number of H-pyrrole nitrogens is 1. The van der Waals surface area contributed by atoms with E-state index in [1.54, 1.807) is 17.5 Å². The van der Waals surface area contributed by atoms with Gasteiger partial charge in [-0.3, -0.25) is 5.10 Å². The minimum absolute atomic E-state index is 0.610. The molecule has 84 valence electrons. The molecule has 3 N–H and O–H groups in total. The van der Waals surface area contributed by atoms with Crippen molar-refractivity contribution in [3.8, 4) is 10.6 Å². The van der Waals surface area contributed by atoms with Crippen molar-refractivity contribution in [1.29, 1.82) is 0 Å². The van der Waals surface area contributed by atoms with Gasteiger partial charge in [-0.15, -0.1) is 11.3 Å². The minimum atomic E-state index is 0.610. The van der Waals surface area contributed by atoms with Crippen LogP contribution in [0, 0.1) is 5.92 Å². The molecule has 1 atom stereocenters. The number of anilines is 1. The first-order valence-corrected chi connectivity index (χ1v) is 6.33. The number of rotatable bonds is 1. The predicted octanol–water partition coefficient (Wildman–Crippen LogP) is 2.24. The number of thiazole rings is 1. The molecule has 16 heavy (non-hydrogen) atoms. The Hall–Kier alpha value is -1.36. The van der Waals surface area contributed by atoms with Gasteiger partial charge in [0, 0.05) is 4.88 Å². The van der Waals surface area contributed by atoms with Gasteiger partial charge in [-0.25, -0.2) is 4.98 Å². The summed E-state index contributed by atoms with van der Waals surface area (Å²) in [4.78, 5) is 6.09. The van der Waals surface area contributed by atoms with Crippen LogP contribution in [0.1, 0.15) is 23.9 Å². The van der Waals surface area contributed by atoms with Crippen molar-refractivity contribution in [3.05, 3.63) is 16.8 Å². The monoisotopic (exact) mass is 234 g/mol. The highest BCUT2D eigenvalue weighted by Crippen LogP contribution is 2.35. The Labute approximate surface area is 97.9 Å². The topological polar surface area (TPSA) is 67.6 Å². The molecule has 2 heterocycles. The third-order valence-corrected chi connectivity index (χ3v) is 4.24. The molecule has 4 nitrogen and oxygen atoms in total. The van der Waals surface area contributed by atoms with Gasteiger partial charge >= 0.3 is 0 Å². The van der Waals surface area contributed by atoms with E-state index in [-0.39, 0.29) is 0 Å². The number of aryl methyl sites for hydroxylation is 1. The van der Waals surface area contributed by atoms with Crippen LogP contribution in [-0.4, -0.2) is 15.2 Å². The maximum atomic E-state index is 5.81. The van der Waals surface area contributed by atoms with Gasteiger partial charge in [-0.05, 0) is 25.2 Å². The molecule has 0 radical (unpaired) electrons. The van der Waals surface area contributed by atoms with Crippen molar-refractivity contribution >= 4 is 17.2 Å². The highest BCUT2D eigenvalue weighted by molar-refractivity contribution is 7.15. The molecule has 0 spiro atoms. The van der Waals surface area contributed by atoms with Crippen LogP contribution >= 0.6 is 11.3 Å². The van der Waals surface area contributed by atoms with Crippen LogP contribution in [0.4, 0.5) is 5.82 Å². The van der Waals surface area contributed by atoms with Crippen LogP contribution in [0.25, 0.3) is 10.6 Å². The Kier molecular flexibility index (Phi) is 2.21. The fourth-order valence-electron chi connectivity index (χ4n) is 2.12. The van der Waals surface area contributed by atoms with Gasteiger partial charge in [-0.2, -0.15) is 5.10 Å². The van der Waals surface area contributed by atoms with Crippen molar-refractivity contribution in [2.75, 3.05) is 5.73 Å². The molecule has 5 heteroatoms. The van der Waals surface area contributed by atoms with Crippen molar-refractivity contribution in [1.82, 2.24) is 15.2 Å². The first-order chi connectivity index (χ1) is 7.74. The van der Waals surface area contributed by atoms with Gasteiger partial charge < -0.3 is 5.73 Å². The zero-order chi connectivity index (χ0) is 11.1. The molecule has 0 amide bonds. The van der Waals surface area contributed by atoms with E-state index in [2.05, 4.69) is 22.1 Å². The summed E-state index contributed by atoms with van der Waals surface area (Å²) in [6.07, 6.45) is 5.26. The molecule has 1 aliphatic carbocycles. The SMILES string of the molecule is CC1CCc2nc(-c3cn[nH]c3N)sc2C1. The molecule has 0 fully saturated rings. The summed E-state index contributed by atoms with van der Waals surface area (Å²) < 4.78 is 0. The van der Waals surface area contributed by atoms with E-state index in [1.165, 1.54) is 17.0 Å². The van der Waals surface area contributed by atoms with E-state index in [1.807, 2.05) is 0 Å². The predicted molar refractivity (Wildman–Crippen MR) is 65.3 cm³/mol. The number of hydrogen-bond acceptors (Lipinski definition) is 4. The van der Waals surface area contributed by atoms with Crippen LogP contribution in [0.15, 0.2) is 6.20 Å². The van der Waals surface area contributed by atoms with E-state index in [0.29, 0.717) is 5.82 Å². The molecule has 0 saturated carbocycles. The average molecular weight is 234 g/mol. The summed E-state index contributed by atoms with van der Waals surface area (Å²) in [5.74, 6) is 1.39. The lowest BCUT2D eigenvalue weighted by atomic mass is 9.93. The lowest BCUT2D eigenvalue weighted by Crippen LogP contribution is -2.09. The van der Waals surface area contributed by atoms with Gasteiger partial charge in [0.15, 0.2) is 0 Å². The van der Waals surface area contributed by atoms with Crippen molar-refractivity contribution in [2.24, 2.45) is 5.92 Å². The number of nitrogens with zero attached hydrogens (tertiary/aromatic N) is 2. The summed E-state index contributed by atoms with van der Waals surface area (Å²) in [5, 5.41) is 7.69. The lowest BCUT2D eigenvalue weighted by Gasteiger charge is -2.15. The second-order valence-electron chi connectivity index (χ2n) is 4.43. The molecule has 1 aliphatic rings.